The van der Waals surface area contributed by atoms with Crippen molar-refractivity contribution in [3.8, 4) is 0 Å². The zero-order valence-electron chi connectivity index (χ0n) is 13.2. The topological polar surface area (TPSA) is 65.8 Å². The summed E-state index contributed by atoms with van der Waals surface area (Å²) in [5, 5.41) is 14.6. The number of amides is 1. The number of carbonyl (C=O) groups is 1. The van der Waals surface area contributed by atoms with Crippen LogP contribution in [-0.4, -0.2) is 38.6 Å². The Hall–Kier alpha value is -1.96. The second-order valence-corrected chi connectivity index (χ2v) is 6.27. The summed E-state index contributed by atoms with van der Waals surface area (Å²) in [6, 6.07) is 2.91. The maximum Gasteiger partial charge on any atom is 0.439 e. The van der Waals surface area contributed by atoms with Gasteiger partial charge in [0.2, 0.25) is 0 Å². The van der Waals surface area contributed by atoms with Gasteiger partial charge in [-0.25, -0.2) is 0 Å². The van der Waals surface area contributed by atoms with Crippen LogP contribution >= 0.6 is 0 Å². The lowest BCUT2D eigenvalue weighted by Gasteiger charge is -2.37. The minimum Gasteiger partial charge on any atom is -0.362 e. The standard InChI is InChI=1S/C16H18F3N3O2/c1-10-7-8-11(9-20-10)14(23)22-15(24,16(17,18)19)12-5-3-2-4-6-13(12)21-22/h7-9,12,24H,2-6H2,1H3/t12-,15+/m0/s1. The van der Waals surface area contributed by atoms with E-state index in [1.807, 2.05) is 0 Å². The quantitative estimate of drug-likeness (QED) is 0.854. The fourth-order valence-corrected chi connectivity index (χ4v) is 3.31. The Morgan fingerprint density at radius 1 is 1.33 bits per heavy atom. The maximum atomic E-state index is 13.7. The molecule has 0 aromatic carbocycles. The first-order chi connectivity index (χ1) is 11.2. The Balaban J connectivity index is 2.03. The van der Waals surface area contributed by atoms with Gasteiger partial charge in [0.05, 0.1) is 11.5 Å². The van der Waals surface area contributed by atoms with E-state index in [-0.39, 0.29) is 22.7 Å². The van der Waals surface area contributed by atoms with Crippen molar-refractivity contribution in [1.82, 2.24) is 9.99 Å². The molecule has 8 heteroatoms. The Labute approximate surface area is 137 Å². The van der Waals surface area contributed by atoms with Crippen molar-refractivity contribution in [2.24, 2.45) is 11.0 Å². The number of alkyl halides is 3. The summed E-state index contributed by atoms with van der Waals surface area (Å²) in [6.07, 6.45) is -1.22. The van der Waals surface area contributed by atoms with Gasteiger partial charge in [0.25, 0.3) is 11.6 Å². The number of rotatable bonds is 1. The number of pyridine rings is 1. The van der Waals surface area contributed by atoms with Gasteiger partial charge < -0.3 is 5.11 Å². The van der Waals surface area contributed by atoms with Crippen LogP contribution in [0.5, 0.6) is 0 Å². The lowest BCUT2D eigenvalue weighted by atomic mass is 9.87. The predicted molar refractivity (Wildman–Crippen MR) is 80.2 cm³/mol. The van der Waals surface area contributed by atoms with Crippen LogP contribution in [-0.2, 0) is 0 Å². The molecule has 0 unspecified atom stereocenters. The summed E-state index contributed by atoms with van der Waals surface area (Å²) in [5.74, 6) is -2.20. The predicted octanol–water partition coefficient (Wildman–Crippen LogP) is 3.03. The Bertz CT molecular complexity index is 672. The number of aromatic nitrogens is 1. The van der Waals surface area contributed by atoms with Crippen molar-refractivity contribution >= 4 is 11.6 Å². The normalized spacial score (nSPS) is 27.5. The minimum atomic E-state index is -5.00. The van der Waals surface area contributed by atoms with Gasteiger partial charge in [0.1, 0.15) is 0 Å². The molecule has 1 aliphatic heterocycles. The van der Waals surface area contributed by atoms with Gasteiger partial charge in [0, 0.05) is 17.6 Å². The number of aliphatic hydroxyl groups is 1. The number of aryl methyl sites for hydroxylation is 1. The second-order valence-electron chi connectivity index (χ2n) is 6.27. The Morgan fingerprint density at radius 2 is 2.08 bits per heavy atom. The second kappa shape index (κ2) is 5.84. The number of nitrogens with zero attached hydrogens (tertiary/aromatic N) is 3. The lowest BCUT2D eigenvalue weighted by molar-refractivity contribution is -0.312. The molecule has 1 amide bonds. The number of hydrazone groups is 1. The lowest BCUT2D eigenvalue weighted by Crippen LogP contribution is -2.61. The van der Waals surface area contributed by atoms with E-state index in [0.29, 0.717) is 25.0 Å². The molecule has 1 fully saturated rings. The van der Waals surface area contributed by atoms with Gasteiger partial charge in [-0.15, -0.1) is 0 Å². The summed E-state index contributed by atoms with van der Waals surface area (Å²) in [7, 11) is 0. The van der Waals surface area contributed by atoms with Crippen LogP contribution < -0.4 is 0 Å². The molecular weight excluding hydrogens is 323 g/mol. The van der Waals surface area contributed by atoms with Crippen LogP contribution in [0.25, 0.3) is 0 Å². The molecule has 2 aliphatic rings. The molecule has 0 bridgehead atoms. The third-order valence-electron chi connectivity index (χ3n) is 4.63. The van der Waals surface area contributed by atoms with Crippen molar-refractivity contribution in [3.05, 3.63) is 29.6 Å². The zero-order valence-corrected chi connectivity index (χ0v) is 13.2. The van der Waals surface area contributed by atoms with Crippen molar-refractivity contribution in [1.29, 1.82) is 0 Å². The van der Waals surface area contributed by atoms with Gasteiger partial charge in [-0.2, -0.15) is 23.3 Å². The number of hydrogen-bond acceptors (Lipinski definition) is 4. The van der Waals surface area contributed by atoms with Crippen molar-refractivity contribution in [3.63, 3.8) is 0 Å². The average molecular weight is 341 g/mol. The third-order valence-corrected chi connectivity index (χ3v) is 4.63. The van der Waals surface area contributed by atoms with Crippen LogP contribution in [0, 0.1) is 12.8 Å². The number of hydrogen-bond donors (Lipinski definition) is 1. The largest absolute Gasteiger partial charge is 0.439 e. The molecule has 1 aromatic heterocycles. The summed E-state index contributed by atoms with van der Waals surface area (Å²) in [4.78, 5) is 16.5. The molecule has 5 nitrogen and oxygen atoms in total. The zero-order chi connectivity index (χ0) is 17.5. The van der Waals surface area contributed by atoms with E-state index in [2.05, 4.69) is 10.1 Å². The molecule has 1 aliphatic carbocycles. The molecule has 0 saturated heterocycles. The van der Waals surface area contributed by atoms with E-state index in [0.717, 1.165) is 6.42 Å². The van der Waals surface area contributed by atoms with E-state index in [4.69, 9.17) is 0 Å². The maximum absolute atomic E-state index is 13.7. The molecule has 0 radical (unpaired) electrons. The molecular formula is C16H18F3N3O2. The molecule has 1 saturated carbocycles. The van der Waals surface area contributed by atoms with Gasteiger partial charge in [-0.05, 0) is 38.3 Å². The van der Waals surface area contributed by atoms with Gasteiger partial charge in [-0.3, -0.25) is 9.78 Å². The molecule has 2 heterocycles. The molecule has 24 heavy (non-hydrogen) atoms. The minimum absolute atomic E-state index is 0.0379. The van der Waals surface area contributed by atoms with Crippen molar-refractivity contribution in [2.75, 3.05) is 0 Å². The van der Waals surface area contributed by atoms with Crippen LogP contribution in [0.15, 0.2) is 23.4 Å². The van der Waals surface area contributed by atoms with E-state index in [1.54, 1.807) is 6.92 Å². The van der Waals surface area contributed by atoms with Crippen LogP contribution in [0.2, 0.25) is 0 Å². The Kier molecular flexibility index (Phi) is 4.11. The molecule has 130 valence electrons. The fraction of sp³-hybridized carbons (Fsp3) is 0.562. The monoisotopic (exact) mass is 341 g/mol. The highest BCUT2D eigenvalue weighted by Crippen LogP contribution is 2.47. The van der Waals surface area contributed by atoms with E-state index < -0.39 is 23.7 Å². The number of carbonyl (C=O) groups excluding carboxylic acids is 1. The van der Waals surface area contributed by atoms with Gasteiger partial charge in [-0.1, -0.05) is 12.8 Å². The molecule has 0 spiro atoms. The first-order valence-corrected chi connectivity index (χ1v) is 7.89. The average Bonchev–Trinajstić information content (AvgIpc) is 2.68. The van der Waals surface area contributed by atoms with Crippen LogP contribution in [0.4, 0.5) is 13.2 Å². The molecule has 3 rings (SSSR count). The van der Waals surface area contributed by atoms with Crippen molar-refractivity contribution in [2.45, 2.75) is 50.9 Å². The summed E-state index contributed by atoms with van der Waals surface area (Å²) in [6.45, 7) is 1.70. The summed E-state index contributed by atoms with van der Waals surface area (Å²) < 4.78 is 41.1. The molecule has 1 N–H and O–H groups in total. The number of halogens is 3. The highest BCUT2D eigenvalue weighted by Gasteiger charge is 2.68. The van der Waals surface area contributed by atoms with E-state index >= 15 is 0 Å². The van der Waals surface area contributed by atoms with Crippen LogP contribution in [0.3, 0.4) is 0 Å². The van der Waals surface area contributed by atoms with Crippen LogP contribution in [0.1, 0.15) is 48.2 Å². The Morgan fingerprint density at radius 3 is 2.71 bits per heavy atom. The highest BCUT2D eigenvalue weighted by molar-refractivity contribution is 5.99. The van der Waals surface area contributed by atoms with Gasteiger partial charge >= 0.3 is 6.18 Å². The smallest absolute Gasteiger partial charge is 0.362 e. The highest BCUT2D eigenvalue weighted by atomic mass is 19.4. The molecule has 2 atom stereocenters. The molecule has 1 aromatic rings. The summed E-state index contributed by atoms with van der Waals surface area (Å²) in [5.41, 5.74) is -2.45. The summed E-state index contributed by atoms with van der Waals surface area (Å²) >= 11 is 0. The first kappa shape index (κ1) is 16.9. The third kappa shape index (κ3) is 2.58. The van der Waals surface area contributed by atoms with E-state index in [1.165, 1.54) is 18.3 Å². The fourth-order valence-electron chi connectivity index (χ4n) is 3.31. The van der Waals surface area contributed by atoms with Crippen molar-refractivity contribution < 1.29 is 23.1 Å². The SMILES string of the molecule is Cc1ccc(C(=O)N2N=C3CCCCC[C@@H]3[C@@]2(O)C(F)(F)F)cn1. The van der Waals surface area contributed by atoms with E-state index in [9.17, 15) is 23.1 Å². The van der Waals surface area contributed by atoms with Gasteiger partial charge in [0.15, 0.2) is 0 Å². The first-order valence-electron chi connectivity index (χ1n) is 7.89. The number of fused-ring (bicyclic) bond motifs is 1.